The van der Waals surface area contributed by atoms with Crippen LogP contribution in [0.25, 0.3) is 16.7 Å². The Morgan fingerprint density at radius 2 is 1.81 bits per heavy atom. The Bertz CT molecular complexity index is 1430. The van der Waals surface area contributed by atoms with Gasteiger partial charge in [-0.05, 0) is 43.0 Å². The normalized spacial score (nSPS) is 16.8. The predicted molar refractivity (Wildman–Crippen MR) is 118 cm³/mol. The average molecular weight is 507 g/mol. The van der Waals surface area contributed by atoms with E-state index in [1.54, 1.807) is 0 Å². The molecule has 1 aromatic carbocycles. The van der Waals surface area contributed by atoms with Crippen LogP contribution in [0, 0.1) is 17.6 Å². The van der Waals surface area contributed by atoms with Gasteiger partial charge in [-0.25, -0.2) is 18.6 Å². The molecule has 3 heterocycles. The largest absolute Gasteiger partial charge is 0.408 e. The molecular weight excluding hydrogens is 489 g/mol. The van der Waals surface area contributed by atoms with E-state index in [2.05, 4.69) is 10.3 Å². The van der Waals surface area contributed by atoms with E-state index in [0.717, 1.165) is 29.0 Å². The van der Waals surface area contributed by atoms with Gasteiger partial charge in [-0.1, -0.05) is 6.07 Å². The molecule has 0 radical (unpaired) electrons. The molecule has 0 bridgehead atoms. The molecule has 13 heteroatoms. The summed E-state index contributed by atoms with van der Waals surface area (Å²) < 4.78 is 70.7. The minimum absolute atomic E-state index is 0.0745. The van der Waals surface area contributed by atoms with Gasteiger partial charge in [0.05, 0.1) is 5.39 Å². The number of nitrogens with zero attached hydrogens (tertiary/aromatic N) is 3. The zero-order valence-electron chi connectivity index (χ0n) is 18.4. The van der Waals surface area contributed by atoms with Gasteiger partial charge < -0.3 is 10.6 Å². The number of nitrogens with one attached hydrogen (secondary N) is 2. The molecule has 36 heavy (non-hydrogen) atoms. The molecule has 188 valence electrons. The maximum absolute atomic E-state index is 14.8. The number of pyridine rings is 2. The number of hydrogen-bond acceptors (Lipinski definition) is 4. The Labute approximate surface area is 199 Å². The highest BCUT2D eigenvalue weighted by molar-refractivity contribution is 5.98. The quantitative estimate of drug-likeness (QED) is 0.519. The van der Waals surface area contributed by atoms with Crippen molar-refractivity contribution in [2.75, 3.05) is 18.0 Å². The number of halogens is 5. The summed E-state index contributed by atoms with van der Waals surface area (Å²) in [5.41, 5.74) is -2.69. The fourth-order valence-electron chi connectivity index (χ4n) is 4.20. The first-order chi connectivity index (χ1) is 17.1. The molecule has 5 rings (SSSR count). The SMILES string of the molecule is O=C(N[C@@H](C1CC1)C(F)(F)F)c1cn(-c2c(F)cccc2F)c2nc(N3CCNC3=O)ccc2c1=O. The summed E-state index contributed by atoms with van der Waals surface area (Å²) in [4.78, 5) is 43.6. The monoisotopic (exact) mass is 507 g/mol. The van der Waals surface area contributed by atoms with Gasteiger partial charge in [0.15, 0.2) is 5.65 Å². The third-order valence-electron chi connectivity index (χ3n) is 6.13. The van der Waals surface area contributed by atoms with E-state index in [9.17, 15) is 36.3 Å². The molecule has 2 aliphatic rings. The van der Waals surface area contributed by atoms with Crippen LogP contribution in [0.4, 0.5) is 32.6 Å². The van der Waals surface area contributed by atoms with Gasteiger partial charge >= 0.3 is 12.2 Å². The first-order valence-electron chi connectivity index (χ1n) is 11.0. The summed E-state index contributed by atoms with van der Waals surface area (Å²) in [7, 11) is 0. The van der Waals surface area contributed by atoms with E-state index in [-0.39, 0.29) is 36.2 Å². The second-order valence-corrected chi connectivity index (χ2v) is 8.57. The molecule has 1 saturated carbocycles. The van der Waals surface area contributed by atoms with Gasteiger partial charge in [0.25, 0.3) is 5.91 Å². The summed E-state index contributed by atoms with van der Waals surface area (Å²) >= 11 is 0. The third-order valence-corrected chi connectivity index (χ3v) is 6.13. The van der Waals surface area contributed by atoms with E-state index >= 15 is 0 Å². The van der Waals surface area contributed by atoms with E-state index in [4.69, 9.17) is 0 Å². The summed E-state index contributed by atoms with van der Waals surface area (Å²) in [5.74, 6) is -4.20. The first kappa shape index (κ1) is 23.7. The van der Waals surface area contributed by atoms with E-state index in [1.807, 2.05) is 5.32 Å². The Morgan fingerprint density at radius 1 is 1.11 bits per heavy atom. The standard InChI is InChI=1S/C23H18F5N5O3/c24-14-2-1-3-15(25)17(14)33-10-13(21(35)31-19(11-4-5-11)23(26,27)28)18(34)12-6-7-16(30-20(12)33)32-9-8-29-22(32)36/h1-3,6-7,10-11,19H,4-5,8-9H2,(H,29,36)(H,31,35)/t19-/m0/s1. The molecule has 1 atom stereocenters. The Balaban J connectivity index is 1.69. The topological polar surface area (TPSA) is 96.3 Å². The lowest BCUT2D eigenvalue weighted by Gasteiger charge is -2.22. The van der Waals surface area contributed by atoms with Crippen LogP contribution in [0.1, 0.15) is 23.2 Å². The van der Waals surface area contributed by atoms with Crippen molar-refractivity contribution in [3.05, 3.63) is 63.9 Å². The molecule has 2 fully saturated rings. The summed E-state index contributed by atoms with van der Waals surface area (Å²) in [6, 6.07) is 2.86. The molecular formula is C23H18F5N5O3. The zero-order valence-corrected chi connectivity index (χ0v) is 18.4. The van der Waals surface area contributed by atoms with Crippen LogP contribution in [-0.2, 0) is 0 Å². The molecule has 1 aliphatic carbocycles. The zero-order chi connectivity index (χ0) is 25.8. The number of para-hydroxylation sites is 1. The van der Waals surface area contributed by atoms with Crippen LogP contribution >= 0.6 is 0 Å². The van der Waals surface area contributed by atoms with Gasteiger partial charge in [-0.3, -0.25) is 19.1 Å². The highest BCUT2D eigenvalue weighted by atomic mass is 19.4. The van der Waals surface area contributed by atoms with Crippen molar-refractivity contribution >= 4 is 28.8 Å². The third kappa shape index (κ3) is 4.14. The second kappa shape index (κ2) is 8.57. The number of aromatic nitrogens is 2. The van der Waals surface area contributed by atoms with Gasteiger partial charge in [0, 0.05) is 19.3 Å². The highest BCUT2D eigenvalue weighted by Crippen LogP contribution is 2.40. The smallest absolute Gasteiger partial charge is 0.340 e. The maximum atomic E-state index is 14.8. The molecule has 2 N–H and O–H groups in total. The first-order valence-corrected chi connectivity index (χ1v) is 11.0. The molecule has 2 aromatic heterocycles. The number of alkyl halides is 3. The van der Waals surface area contributed by atoms with Crippen molar-refractivity contribution in [1.29, 1.82) is 0 Å². The fraction of sp³-hybridized carbons (Fsp3) is 0.304. The fourth-order valence-corrected chi connectivity index (χ4v) is 4.20. The minimum Gasteiger partial charge on any atom is -0.340 e. The molecule has 3 amide bonds. The summed E-state index contributed by atoms with van der Waals surface area (Å²) in [6.07, 6.45) is -3.44. The molecule has 8 nitrogen and oxygen atoms in total. The number of anilines is 1. The number of urea groups is 1. The van der Waals surface area contributed by atoms with Crippen molar-refractivity contribution in [3.63, 3.8) is 0 Å². The van der Waals surface area contributed by atoms with Crippen LogP contribution < -0.4 is 21.0 Å². The molecule has 0 unspecified atom stereocenters. The van der Waals surface area contributed by atoms with Crippen LogP contribution in [0.2, 0.25) is 0 Å². The number of amides is 3. The number of carbonyl (C=O) groups is 2. The van der Waals surface area contributed by atoms with E-state index in [0.29, 0.717) is 6.54 Å². The Kier molecular flexibility index (Phi) is 5.64. The van der Waals surface area contributed by atoms with Crippen molar-refractivity contribution in [2.45, 2.75) is 25.1 Å². The highest BCUT2D eigenvalue weighted by Gasteiger charge is 2.50. The lowest BCUT2D eigenvalue weighted by atomic mass is 10.1. The van der Waals surface area contributed by atoms with Crippen LogP contribution in [0.15, 0.2) is 41.3 Å². The van der Waals surface area contributed by atoms with Crippen molar-refractivity contribution < 1.29 is 31.5 Å². The lowest BCUT2D eigenvalue weighted by molar-refractivity contribution is -0.158. The number of fused-ring (bicyclic) bond motifs is 1. The minimum atomic E-state index is -4.74. The maximum Gasteiger partial charge on any atom is 0.408 e. The Hall–Kier alpha value is -4.03. The van der Waals surface area contributed by atoms with Crippen molar-refractivity contribution in [3.8, 4) is 5.69 Å². The van der Waals surface area contributed by atoms with Crippen molar-refractivity contribution in [1.82, 2.24) is 20.2 Å². The number of benzene rings is 1. The number of rotatable bonds is 5. The number of carbonyl (C=O) groups excluding carboxylic acids is 2. The predicted octanol–water partition coefficient (Wildman–Crippen LogP) is 3.26. The molecule has 1 saturated heterocycles. The summed E-state index contributed by atoms with van der Waals surface area (Å²) in [5, 5.41) is 4.16. The van der Waals surface area contributed by atoms with Crippen LogP contribution in [-0.4, -0.2) is 46.8 Å². The number of hydrogen-bond donors (Lipinski definition) is 2. The van der Waals surface area contributed by atoms with Gasteiger partial charge in [-0.2, -0.15) is 13.2 Å². The van der Waals surface area contributed by atoms with Gasteiger partial charge in [0.2, 0.25) is 5.43 Å². The van der Waals surface area contributed by atoms with Crippen LogP contribution in [0.5, 0.6) is 0 Å². The second-order valence-electron chi connectivity index (χ2n) is 8.57. The average Bonchev–Trinajstić information content (AvgIpc) is 3.56. The molecule has 3 aromatic rings. The summed E-state index contributed by atoms with van der Waals surface area (Å²) in [6.45, 7) is 0.573. The van der Waals surface area contributed by atoms with Crippen molar-refractivity contribution in [2.24, 2.45) is 5.92 Å². The van der Waals surface area contributed by atoms with E-state index in [1.165, 1.54) is 17.0 Å². The lowest BCUT2D eigenvalue weighted by Crippen LogP contribution is -2.48. The Morgan fingerprint density at radius 3 is 2.39 bits per heavy atom. The van der Waals surface area contributed by atoms with E-state index < -0.39 is 58.4 Å². The molecule has 0 spiro atoms. The van der Waals surface area contributed by atoms with Gasteiger partial charge in [0.1, 0.15) is 34.7 Å². The van der Waals surface area contributed by atoms with Gasteiger partial charge in [-0.15, -0.1) is 0 Å². The van der Waals surface area contributed by atoms with Crippen LogP contribution in [0.3, 0.4) is 0 Å². The molecule has 1 aliphatic heterocycles.